The van der Waals surface area contributed by atoms with E-state index in [1.807, 2.05) is 34.6 Å². The second kappa shape index (κ2) is 5.07. The number of hydrogen-bond acceptors (Lipinski definition) is 3. The zero-order chi connectivity index (χ0) is 13.2. The fraction of sp³-hybridized carbons (Fsp3) is 0.846. The molecule has 1 rings (SSSR count). The number of nitrogens with zero attached hydrogens (tertiary/aromatic N) is 1. The molecule has 0 aromatic rings. The highest BCUT2D eigenvalue weighted by molar-refractivity contribution is 5.81. The van der Waals surface area contributed by atoms with Gasteiger partial charge in [-0.1, -0.05) is 13.8 Å². The van der Waals surface area contributed by atoms with Gasteiger partial charge < -0.3 is 9.64 Å². The zero-order valence-electron chi connectivity index (χ0n) is 11.4. The number of amides is 1. The smallest absolute Gasteiger partial charge is 0.410 e. The molecule has 0 aliphatic carbocycles. The normalized spacial score (nSPS) is 16.9. The van der Waals surface area contributed by atoms with Crippen LogP contribution in [-0.2, 0) is 9.53 Å². The summed E-state index contributed by atoms with van der Waals surface area (Å²) in [6.45, 7) is 10.7. The average molecular weight is 241 g/mol. The van der Waals surface area contributed by atoms with E-state index in [4.69, 9.17) is 4.74 Å². The van der Waals surface area contributed by atoms with Crippen LogP contribution in [-0.4, -0.2) is 35.5 Å². The first-order valence-electron chi connectivity index (χ1n) is 6.19. The second-order valence-electron chi connectivity index (χ2n) is 6.08. The Morgan fingerprint density at radius 2 is 1.82 bits per heavy atom. The first-order valence-corrected chi connectivity index (χ1v) is 6.19. The maximum Gasteiger partial charge on any atom is 0.410 e. The van der Waals surface area contributed by atoms with Crippen LogP contribution in [0.15, 0.2) is 0 Å². The number of hydrogen-bond donors (Lipinski definition) is 0. The van der Waals surface area contributed by atoms with Crippen molar-refractivity contribution in [1.82, 2.24) is 4.90 Å². The molecule has 1 aliphatic rings. The maximum absolute atomic E-state index is 11.6. The molecule has 0 spiro atoms. The summed E-state index contributed by atoms with van der Waals surface area (Å²) in [4.78, 5) is 24.8. The van der Waals surface area contributed by atoms with Crippen molar-refractivity contribution in [3.8, 4) is 0 Å². The molecule has 0 radical (unpaired) electrons. The molecule has 0 N–H and O–H groups in total. The summed E-state index contributed by atoms with van der Waals surface area (Å²) in [6, 6.07) is 0. The average Bonchev–Trinajstić information content (AvgIpc) is 2.06. The van der Waals surface area contributed by atoms with Gasteiger partial charge >= 0.3 is 6.09 Å². The topological polar surface area (TPSA) is 46.6 Å². The number of carbonyl (C=O) groups excluding carboxylic acids is 2. The Morgan fingerprint density at radius 3 is 2.24 bits per heavy atom. The van der Waals surface area contributed by atoms with Crippen molar-refractivity contribution in [2.75, 3.05) is 13.1 Å². The number of rotatable bonds is 3. The lowest BCUT2D eigenvalue weighted by Crippen LogP contribution is -2.52. The van der Waals surface area contributed by atoms with E-state index in [0.29, 0.717) is 25.4 Å². The summed E-state index contributed by atoms with van der Waals surface area (Å²) >= 11 is 0. The van der Waals surface area contributed by atoms with Crippen LogP contribution < -0.4 is 0 Å². The Hall–Kier alpha value is -1.06. The number of Topliss-reactive ketones (excluding diaryl/α,β-unsaturated/α-hetero) is 1. The molecule has 1 amide bonds. The molecular weight excluding hydrogens is 218 g/mol. The van der Waals surface area contributed by atoms with E-state index in [2.05, 4.69) is 0 Å². The van der Waals surface area contributed by atoms with Gasteiger partial charge in [-0.15, -0.1) is 0 Å². The predicted molar refractivity (Wildman–Crippen MR) is 65.8 cm³/mol. The van der Waals surface area contributed by atoms with E-state index < -0.39 is 5.60 Å². The minimum Gasteiger partial charge on any atom is -0.444 e. The third-order valence-corrected chi connectivity index (χ3v) is 2.74. The quantitative estimate of drug-likeness (QED) is 0.762. The molecule has 4 heteroatoms. The molecule has 4 nitrogen and oxygen atoms in total. The highest BCUT2D eigenvalue weighted by Gasteiger charge is 2.34. The minimum absolute atomic E-state index is 0.0885. The van der Waals surface area contributed by atoms with E-state index in [9.17, 15) is 9.59 Å². The molecule has 98 valence electrons. The van der Waals surface area contributed by atoms with Gasteiger partial charge in [-0.05, 0) is 20.8 Å². The van der Waals surface area contributed by atoms with Crippen molar-refractivity contribution in [1.29, 1.82) is 0 Å². The molecule has 0 aromatic heterocycles. The van der Waals surface area contributed by atoms with Crippen LogP contribution in [0.3, 0.4) is 0 Å². The van der Waals surface area contributed by atoms with Gasteiger partial charge in [-0.25, -0.2) is 4.79 Å². The number of likely N-dealkylation sites (tertiary alicyclic amines) is 1. The predicted octanol–water partition coefficient (Wildman–Crippen LogP) is 2.47. The van der Waals surface area contributed by atoms with Gasteiger partial charge in [0, 0.05) is 31.3 Å². The van der Waals surface area contributed by atoms with E-state index in [-0.39, 0.29) is 17.8 Å². The Morgan fingerprint density at radius 1 is 1.29 bits per heavy atom. The third-order valence-electron chi connectivity index (χ3n) is 2.74. The van der Waals surface area contributed by atoms with Gasteiger partial charge in [0.15, 0.2) is 0 Å². The van der Waals surface area contributed by atoms with Crippen LogP contribution in [0.4, 0.5) is 4.79 Å². The largest absolute Gasteiger partial charge is 0.444 e. The molecule has 17 heavy (non-hydrogen) atoms. The summed E-state index contributed by atoms with van der Waals surface area (Å²) in [5.41, 5.74) is -0.448. The lowest BCUT2D eigenvalue weighted by Gasteiger charge is -2.39. The molecule has 1 fully saturated rings. The zero-order valence-corrected chi connectivity index (χ0v) is 11.4. The Labute approximate surface area is 103 Å². The van der Waals surface area contributed by atoms with Gasteiger partial charge in [0.05, 0.1) is 0 Å². The van der Waals surface area contributed by atoms with Crippen molar-refractivity contribution in [2.45, 2.75) is 46.6 Å². The van der Waals surface area contributed by atoms with Gasteiger partial charge in [-0.2, -0.15) is 0 Å². The van der Waals surface area contributed by atoms with Crippen molar-refractivity contribution in [3.63, 3.8) is 0 Å². The SMILES string of the molecule is CC(C)C(=O)CC1CN(C(=O)OC(C)(C)C)C1. The number of ketones is 1. The molecule has 1 saturated heterocycles. The van der Waals surface area contributed by atoms with Crippen LogP contribution in [0.1, 0.15) is 41.0 Å². The summed E-state index contributed by atoms with van der Waals surface area (Å²) in [7, 11) is 0. The fourth-order valence-corrected chi connectivity index (χ4v) is 1.69. The lowest BCUT2D eigenvalue weighted by molar-refractivity contribution is -0.124. The molecule has 1 aliphatic heterocycles. The molecular formula is C13H23NO3. The van der Waals surface area contributed by atoms with E-state index in [1.54, 1.807) is 4.90 Å². The van der Waals surface area contributed by atoms with Gasteiger partial charge in [-0.3, -0.25) is 4.79 Å². The minimum atomic E-state index is -0.448. The summed E-state index contributed by atoms with van der Waals surface area (Å²) in [5.74, 6) is 0.682. The summed E-state index contributed by atoms with van der Waals surface area (Å²) < 4.78 is 5.24. The monoisotopic (exact) mass is 241 g/mol. The number of ether oxygens (including phenoxy) is 1. The molecule has 0 saturated carbocycles. The van der Waals surface area contributed by atoms with Crippen molar-refractivity contribution in [2.24, 2.45) is 11.8 Å². The van der Waals surface area contributed by atoms with Crippen LogP contribution in [0, 0.1) is 11.8 Å². The van der Waals surface area contributed by atoms with E-state index >= 15 is 0 Å². The maximum atomic E-state index is 11.6. The molecule has 1 heterocycles. The van der Waals surface area contributed by atoms with Crippen molar-refractivity contribution < 1.29 is 14.3 Å². The molecule has 0 bridgehead atoms. The van der Waals surface area contributed by atoms with Gasteiger partial charge in [0.1, 0.15) is 11.4 Å². The molecule has 0 aromatic carbocycles. The standard InChI is InChI=1S/C13H23NO3/c1-9(2)11(15)6-10-7-14(8-10)12(16)17-13(3,4)5/h9-10H,6-8H2,1-5H3. The molecule has 0 unspecified atom stereocenters. The van der Waals surface area contributed by atoms with Crippen LogP contribution in [0.5, 0.6) is 0 Å². The first kappa shape index (κ1) is 14.0. The highest BCUT2D eigenvalue weighted by Crippen LogP contribution is 2.23. The number of carbonyl (C=O) groups is 2. The summed E-state index contributed by atoms with van der Waals surface area (Å²) in [6.07, 6.45) is 0.308. The van der Waals surface area contributed by atoms with Crippen LogP contribution in [0.25, 0.3) is 0 Å². The Bertz CT molecular complexity index is 298. The molecule has 0 atom stereocenters. The van der Waals surface area contributed by atoms with E-state index in [0.717, 1.165) is 0 Å². The first-order chi connectivity index (χ1) is 7.69. The van der Waals surface area contributed by atoms with Crippen molar-refractivity contribution in [3.05, 3.63) is 0 Å². The fourth-order valence-electron chi connectivity index (χ4n) is 1.69. The Kier molecular flexibility index (Phi) is 4.17. The third kappa shape index (κ3) is 4.36. The summed E-state index contributed by atoms with van der Waals surface area (Å²) in [5, 5.41) is 0. The van der Waals surface area contributed by atoms with Crippen LogP contribution in [0.2, 0.25) is 0 Å². The lowest BCUT2D eigenvalue weighted by atomic mass is 9.91. The van der Waals surface area contributed by atoms with Gasteiger partial charge in [0.25, 0.3) is 0 Å². The van der Waals surface area contributed by atoms with Gasteiger partial charge in [0.2, 0.25) is 0 Å². The Balaban J connectivity index is 2.28. The van der Waals surface area contributed by atoms with Crippen LogP contribution >= 0.6 is 0 Å². The second-order valence-corrected chi connectivity index (χ2v) is 6.08. The van der Waals surface area contributed by atoms with E-state index in [1.165, 1.54) is 0 Å². The highest BCUT2D eigenvalue weighted by atomic mass is 16.6. The van der Waals surface area contributed by atoms with Crippen molar-refractivity contribution >= 4 is 11.9 Å².